The van der Waals surface area contributed by atoms with Gasteiger partial charge < -0.3 is 14.6 Å². The van der Waals surface area contributed by atoms with Gasteiger partial charge in [-0.05, 0) is 104 Å². The topological polar surface area (TPSA) is 92.2 Å². The maximum Gasteiger partial charge on any atom is 0.253 e. The molecule has 5 rings (SSSR count). The second-order valence-electron chi connectivity index (χ2n) is 10.8. The molecule has 3 heterocycles. The maximum absolute atomic E-state index is 13.5. The van der Waals surface area contributed by atoms with E-state index in [-0.39, 0.29) is 17.1 Å². The van der Waals surface area contributed by atoms with E-state index in [0.29, 0.717) is 11.4 Å². The molecule has 194 valence electrons. The van der Waals surface area contributed by atoms with Crippen molar-refractivity contribution in [3.8, 4) is 5.75 Å². The summed E-state index contributed by atoms with van der Waals surface area (Å²) in [6.07, 6.45) is 0. The first kappa shape index (κ1) is 25.0. The average molecular weight is 502 g/mol. The van der Waals surface area contributed by atoms with Crippen LogP contribution in [0, 0.1) is 13.8 Å². The Morgan fingerprint density at radius 2 is 1.65 bits per heavy atom. The zero-order chi connectivity index (χ0) is 26.3. The van der Waals surface area contributed by atoms with Crippen molar-refractivity contribution in [1.29, 1.82) is 0 Å². The highest BCUT2D eigenvalue weighted by atomic mass is 16.5. The number of rotatable bonds is 5. The Bertz CT molecular complexity index is 1460. The Morgan fingerprint density at radius 1 is 0.973 bits per heavy atom. The number of ether oxygens (including phenoxy) is 1. The van der Waals surface area contributed by atoms with E-state index >= 15 is 0 Å². The number of fused-ring (bicyclic) bond motifs is 1. The van der Waals surface area contributed by atoms with Gasteiger partial charge in [-0.1, -0.05) is 0 Å². The number of benzene rings is 2. The standard InChI is InChI=1S/C28H35N7O2/c1-18-15-20-17-23(27(36)29-24(20)16-19(18)2)25(26-30-31-32-35(26)28(3,4)5)34-13-11-33(12-14-34)21-7-9-22(37-6)10-8-21/h7-10,15-17,25H,11-14H2,1-6H3,(H,29,36). The first-order valence-electron chi connectivity index (χ1n) is 12.7. The van der Waals surface area contributed by atoms with Gasteiger partial charge in [0.15, 0.2) is 5.82 Å². The Labute approximate surface area is 217 Å². The number of pyridine rings is 1. The van der Waals surface area contributed by atoms with Gasteiger partial charge in [-0.2, -0.15) is 0 Å². The summed E-state index contributed by atoms with van der Waals surface area (Å²) in [5.74, 6) is 1.52. The molecular formula is C28H35N7O2. The predicted octanol–water partition coefficient (Wildman–Crippen LogP) is 3.81. The van der Waals surface area contributed by atoms with Crippen LogP contribution in [0.4, 0.5) is 5.69 Å². The third-order valence-electron chi connectivity index (χ3n) is 7.27. The van der Waals surface area contributed by atoms with Crippen molar-refractivity contribution in [2.45, 2.75) is 46.2 Å². The first-order chi connectivity index (χ1) is 17.7. The largest absolute Gasteiger partial charge is 0.497 e. The number of hydrogen-bond donors (Lipinski definition) is 1. The van der Waals surface area contributed by atoms with Crippen LogP contribution in [0.3, 0.4) is 0 Å². The number of aromatic nitrogens is 5. The van der Waals surface area contributed by atoms with Crippen LogP contribution in [-0.4, -0.2) is 63.4 Å². The van der Waals surface area contributed by atoms with Crippen LogP contribution in [0.1, 0.15) is 49.3 Å². The van der Waals surface area contributed by atoms with E-state index in [2.05, 4.69) is 83.1 Å². The number of aryl methyl sites for hydroxylation is 2. The SMILES string of the molecule is COc1ccc(N2CCN(C(c3cc4cc(C)c(C)cc4[nH]c3=O)c3nnnn3C(C)(C)C)CC2)cc1. The van der Waals surface area contributed by atoms with Crippen molar-refractivity contribution >= 4 is 16.6 Å². The second-order valence-corrected chi connectivity index (χ2v) is 10.8. The van der Waals surface area contributed by atoms with E-state index in [0.717, 1.165) is 54.1 Å². The number of tetrazole rings is 1. The molecule has 1 aliphatic heterocycles. The van der Waals surface area contributed by atoms with Gasteiger partial charge in [0.2, 0.25) is 0 Å². The molecule has 1 saturated heterocycles. The lowest BCUT2D eigenvalue weighted by Crippen LogP contribution is -2.49. The van der Waals surface area contributed by atoms with Crippen molar-refractivity contribution in [2.75, 3.05) is 38.2 Å². The van der Waals surface area contributed by atoms with E-state index in [1.165, 1.54) is 5.56 Å². The van der Waals surface area contributed by atoms with E-state index < -0.39 is 0 Å². The fourth-order valence-corrected chi connectivity index (χ4v) is 5.07. The Balaban J connectivity index is 1.54. The number of aromatic amines is 1. The molecule has 9 heteroatoms. The molecular weight excluding hydrogens is 466 g/mol. The molecule has 1 N–H and O–H groups in total. The van der Waals surface area contributed by atoms with Crippen LogP contribution >= 0.6 is 0 Å². The quantitative estimate of drug-likeness (QED) is 0.445. The Hall–Kier alpha value is -3.72. The minimum atomic E-state index is -0.373. The van der Waals surface area contributed by atoms with Crippen molar-refractivity contribution < 1.29 is 4.74 Å². The summed E-state index contributed by atoms with van der Waals surface area (Å²) in [4.78, 5) is 21.3. The highest BCUT2D eigenvalue weighted by molar-refractivity contribution is 5.81. The van der Waals surface area contributed by atoms with Gasteiger partial charge in [0.1, 0.15) is 11.8 Å². The number of hydrogen-bond acceptors (Lipinski definition) is 7. The number of methoxy groups -OCH3 is 1. The normalized spacial score (nSPS) is 15.8. The lowest BCUT2D eigenvalue weighted by atomic mass is 9.99. The smallest absolute Gasteiger partial charge is 0.253 e. The fraction of sp³-hybridized carbons (Fsp3) is 0.429. The molecule has 2 aromatic heterocycles. The predicted molar refractivity (Wildman–Crippen MR) is 145 cm³/mol. The van der Waals surface area contributed by atoms with E-state index in [4.69, 9.17) is 4.74 Å². The van der Waals surface area contributed by atoms with Crippen molar-refractivity contribution in [2.24, 2.45) is 0 Å². The van der Waals surface area contributed by atoms with Crippen LogP contribution in [-0.2, 0) is 5.54 Å². The number of piperazine rings is 1. The third-order valence-corrected chi connectivity index (χ3v) is 7.27. The van der Waals surface area contributed by atoms with Gasteiger partial charge in [0.05, 0.1) is 12.6 Å². The monoisotopic (exact) mass is 501 g/mol. The zero-order valence-corrected chi connectivity index (χ0v) is 22.4. The lowest BCUT2D eigenvalue weighted by Gasteiger charge is -2.40. The minimum Gasteiger partial charge on any atom is -0.497 e. The highest BCUT2D eigenvalue weighted by Crippen LogP contribution is 2.31. The van der Waals surface area contributed by atoms with Crippen LogP contribution in [0.5, 0.6) is 5.75 Å². The minimum absolute atomic E-state index is 0.109. The molecule has 0 amide bonds. The van der Waals surface area contributed by atoms with E-state index in [9.17, 15) is 4.79 Å². The molecule has 0 bridgehead atoms. The van der Waals surface area contributed by atoms with Gasteiger partial charge in [-0.15, -0.1) is 5.10 Å². The van der Waals surface area contributed by atoms with Crippen molar-refractivity contribution in [3.05, 3.63) is 75.3 Å². The van der Waals surface area contributed by atoms with Crippen molar-refractivity contribution in [3.63, 3.8) is 0 Å². The lowest BCUT2D eigenvalue weighted by molar-refractivity contribution is 0.190. The summed E-state index contributed by atoms with van der Waals surface area (Å²) in [5, 5.41) is 13.8. The first-order valence-corrected chi connectivity index (χ1v) is 12.7. The molecule has 0 radical (unpaired) electrons. The average Bonchev–Trinajstić information content (AvgIpc) is 3.37. The Morgan fingerprint density at radius 3 is 2.30 bits per heavy atom. The molecule has 37 heavy (non-hydrogen) atoms. The van der Waals surface area contributed by atoms with Crippen LogP contribution in [0.15, 0.2) is 47.3 Å². The van der Waals surface area contributed by atoms with Crippen LogP contribution < -0.4 is 15.2 Å². The summed E-state index contributed by atoms with van der Waals surface area (Å²) in [7, 11) is 1.68. The molecule has 4 aromatic rings. The summed E-state index contributed by atoms with van der Waals surface area (Å²) >= 11 is 0. The highest BCUT2D eigenvalue weighted by Gasteiger charge is 2.35. The molecule has 0 spiro atoms. The summed E-state index contributed by atoms with van der Waals surface area (Å²) in [5.41, 5.74) is 4.56. The fourth-order valence-electron chi connectivity index (χ4n) is 5.07. The van der Waals surface area contributed by atoms with Crippen LogP contribution in [0.25, 0.3) is 10.9 Å². The second kappa shape index (κ2) is 9.63. The molecule has 1 unspecified atom stereocenters. The van der Waals surface area contributed by atoms with Crippen LogP contribution in [0.2, 0.25) is 0 Å². The van der Waals surface area contributed by atoms with E-state index in [1.807, 2.05) is 28.9 Å². The molecule has 1 fully saturated rings. The van der Waals surface area contributed by atoms with Gasteiger partial charge in [0, 0.05) is 42.9 Å². The molecule has 0 saturated carbocycles. The third kappa shape index (κ3) is 4.83. The Kier molecular flexibility index (Phi) is 6.49. The molecule has 9 nitrogen and oxygen atoms in total. The summed E-state index contributed by atoms with van der Waals surface area (Å²) in [6.45, 7) is 13.5. The zero-order valence-electron chi connectivity index (χ0n) is 22.4. The summed E-state index contributed by atoms with van der Waals surface area (Å²) in [6, 6.07) is 14.0. The number of anilines is 1. The molecule has 2 aromatic carbocycles. The number of nitrogens with zero attached hydrogens (tertiary/aromatic N) is 6. The van der Waals surface area contributed by atoms with Gasteiger partial charge >= 0.3 is 0 Å². The number of H-pyrrole nitrogens is 1. The summed E-state index contributed by atoms with van der Waals surface area (Å²) < 4.78 is 7.15. The van der Waals surface area contributed by atoms with Gasteiger partial charge in [-0.25, -0.2) is 4.68 Å². The van der Waals surface area contributed by atoms with Gasteiger partial charge in [-0.3, -0.25) is 9.69 Å². The molecule has 1 aliphatic rings. The maximum atomic E-state index is 13.5. The molecule has 0 aliphatic carbocycles. The van der Waals surface area contributed by atoms with Crippen molar-refractivity contribution in [1.82, 2.24) is 30.1 Å². The van der Waals surface area contributed by atoms with E-state index in [1.54, 1.807) is 7.11 Å². The van der Waals surface area contributed by atoms with Gasteiger partial charge in [0.25, 0.3) is 5.56 Å². The molecule has 1 atom stereocenters. The number of nitrogens with one attached hydrogen (secondary N) is 1.